The van der Waals surface area contributed by atoms with Crippen molar-refractivity contribution in [2.75, 3.05) is 23.8 Å². The number of aryl methyl sites for hydroxylation is 1. The standard InChI is InChI=1S/C20H18F3N5O/c1-12-6-14(13-2-3-18(25-9-13)26-16-10-29-11-16)8-15(7-12)27-19-24-5-4-17(28-19)20(21,22)23/h2-9,16H,10-11H2,1H3,(H,25,26)(H,24,27,28). The molecule has 29 heavy (non-hydrogen) atoms. The fraction of sp³-hybridized carbons (Fsp3) is 0.250. The molecular formula is C20H18F3N5O. The molecule has 150 valence electrons. The molecule has 0 aliphatic carbocycles. The molecule has 0 saturated carbocycles. The first kappa shape index (κ1) is 19.1. The van der Waals surface area contributed by atoms with Crippen LogP contribution in [0.5, 0.6) is 0 Å². The van der Waals surface area contributed by atoms with Crippen LogP contribution < -0.4 is 10.6 Å². The largest absolute Gasteiger partial charge is 0.433 e. The highest BCUT2D eigenvalue weighted by Gasteiger charge is 2.32. The second-order valence-corrected chi connectivity index (χ2v) is 6.79. The van der Waals surface area contributed by atoms with Gasteiger partial charge in [0.15, 0.2) is 0 Å². The second-order valence-electron chi connectivity index (χ2n) is 6.79. The molecule has 0 radical (unpaired) electrons. The van der Waals surface area contributed by atoms with Gasteiger partial charge in [0.1, 0.15) is 11.5 Å². The summed E-state index contributed by atoms with van der Waals surface area (Å²) in [5.41, 5.74) is 2.30. The Morgan fingerprint density at radius 3 is 2.52 bits per heavy atom. The summed E-state index contributed by atoms with van der Waals surface area (Å²) >= 11 is 0. The molecule has 1 fully saturated rings. The molecule has 2 N–H and O–H groups in total. The Hall–Kier alpha value is -3.20. The molecule has 0 spiro atoms. The molecule has 1 saturated heterocycles. The van der Waals surface area contributed by atoms with Gasteiger partial charge < -0.3 is 15.4 Å². The van der Waals surface area contributed by atoms with Gasteiger partial charge in [-0.3, -0.25) is 0 Å². The van der Waals surface area contributed by atoms with Gasteiger partial charge in [0.25, 0.3) is 0 Å². The van der Waals surface area contributed by atoms with Gasteiger partial charge in [-0.1, -0.05) is 6.07 Å². The van der Waals surface area contributed by atoms with E-state index in [1.807, 2.05) is 37.3 Å². The van der Waals surface area contributed by atoms with Crippen molar-refractivity contribution in [3.8, 4) is 11.1 Å². The molecule has 0 amide bonds. The first-order valence-electron chi connectivity index (χ1n) is 8.96. The highest BCUT2D eigenvalue weighted by Crippen LogP contribution is 2.29. The lowest BCUT2D eigenvalue weighted by atomic mass is 10.0. The van der Waals surface area contributed by atoms with Crippen molar-refractivity contribution in [2.24, 2.45) is 0 Å². The maximum Gasteiger partial charge on any atom is 0.433 e. The number of hydrogen-bond acceptors (Lipinski definition) is 6. The van der Waals surface area contributed by atoms with Crippen molar-refractivity contribution in [2.45, 2.75) is 19.1 Å². The maximum atomic E-state index is 12.9. The number of pyridine rings is 1. The van der Waals surface area contributed by atoms with Crippen LogP contribution in [0.3, 0.4) is 0 Å². The summed E-state index contributed by atoms with van der Waals surface area (Å²) in [5.74, 6) is 0.655. The predicted octanol–water partition coefficient (Wildman–Crippen LogP) is 4.42. The number of anilines is 3. The number of nitrogens with one attached hydrogen (secondary N) is 2. The van der Waals surface area contributed by atoms with E-state index in [0.29, 0.717) is 18.9 Å². The third-order valence-corrected chi connectivity index (χ3v) is 4.37. The smallest absolute Gasteiger partial charge is 0.377 e. The van der Waals surface area contributed by atoms with Crippen LogP contribution in [0.25, 0.3) is 11.1 Å². The molecule has 3 aromatic rings. The molecule has 3 heterocycles. The second kappa shape index (κ2) is 7.67. The summed E-state index contributed by atoms with van der Waals surface area (Å²) in [6.45, 7) is 3.25. The molecule has 9 heteroatoms. The molecule has 0 atom stereocenters. The van der Waals surface area contributed by atoms with Crippen LogP contribution in [0.2, 0.25) is 0 Å². The third-order valence-electron chi connectivity index (χ3n) is 4.37. The average Bonchev–Trinajstić information content (AvgIpc) is 2.64. The van der Waals surface area contributed by atoms with Crippen molar-refractivity contribution in [3.63, 3.8) is 0 Å². The average molecular weight is 401 g/mol. The molecule has 6 nitrogen and oxygen atoms in total. The van der Waals surface area contributed by atoms with Crippen molar-refractivity contribution < 1.29 is 17.9 Å². The van der Waals surface area contributed by atoms with Crippen LogP contribution in [0, 0.1) is 6.92 Å². The van der Waals surface area contributed by atoms with Crippen molar-refractivity contribution in [3.05, 3.63) is 60.0 Å². The summed E-state index contributed by atoms with van der Waals surface area (Å²) in [5, 5.41) is 6.12. The lowest BCUT2D eigenvalue weighted by Crippen LogP contribution is -2.40. The Kier molecular flexibility index (Phi) is 5.06. The number of hydrogen-bond donors (Lipinski definition) is 2. The van der Waals surface area contributed by atoms with Gasteiger partial charge in [-0.15, -0.1) is 0 Å². The molecular weight excluding hydrogens is 383 g/mol. The van der Waals surface area contributed by atoms with Crippen LogP contribution in [-0.2, 0) is 10.9 Å². The number of halogens is 3. The first-order valence-corrected chi connectivity index (χ1v) is 8.96. The van der Waals surface area contributed by atoms with E-state index >= 15 is 0 Å². The number of alkyl halides is 3. The molecule has 2 aromatic heterocycles. The van der Waals surface area contributed by atoms with Crippen molar-refractivity contribution >= 4 is 17.5 Å². The monoisotopic (exact) mass is 401 g/mol. The van der Waals surface area contributed by atoms with Crippen LogP contribution in [0.1, 0.15) is 11.3 Å². The van der Waals surface area contributed by atoms with Gasteiger partial charge >= 0.3 is 6.18 Å². The summed E-state index contributed by atoms with van der Waals surface area (Å²) < 4.78 is 43.7. The SMILES string of the molecule is Cc1cc(Nc2nccc(C(F)(F)F)n2)cc(-c2ccc(NC3COC3)nc2)c1. The zero-order valence-electron chi connectivity index (χ0n) is 15.5. The summed E-state index contributed by atoms with van der Waals surface area (Å²) in [4.78, 5) is 11.8. The molecule has 0 bridgehead atoms. The van der Waals surface area contributed by atoms with E-state index in [2.05, 4.69) is 25.6 Å². The van der Waals surface area contributed by atoms with Gasteiger partial charge in [0.05, 0.1) is 19.3 Å². The Bertz CT molecular complexity index is 1000. The van der Waals surface area contributed by atoms with E-state index < -0.39 is 11.9 Å². The van der Waals surface area contributed by atoms with E-state index in [1.54, 1.807) is 6.20 Å². The number of nitrogens with zero attached hydrogens (tertiary/aromatic N) is 3. The minimum atomic E-state index is -4.52. The normalized spacial score (nSPS) is 14.3. The Labute approximate surface area is 165 Å². The number of ether oxygens (including phenoxy) is 1. The zero-order valence-corrected chi connectivity index (χ0v) is 15.5. The van der Waals surface area contributed by atoms with E-state index in [-0.39, 0.29) is 12.0 Å². The quantitative estimate of drug-likeness (QED) is 0.660. The molecule has 0 unspecified atom stereocenters. The fourth-order valence-corrected chi connectivity index (χ4v) is 2.91. The zero-order chi connectivity index (χ0) is 20.4. The summed E-state index contributed by atoms with van der Waals surface area (Å²) in [6.07, 6.45) is -1.69. The van der Waals surface area contributed by atoms with Gasteiger partial charge in [-0.2, -0.15) is 13.2 Å². The lowest BCUT2D eigenvalue weighted by Gasteiger charge is -2.27. The minimum Gasteiger partial charge on any atom is -0.377 e. The minimum absolute atomic E-state index is 0.114. The highest BCUT2D eigenvalue weighted by atomic mass is 19.4. The van der Waals surface area contributed by atoms with Gasteiger partial charge in [0, 0.05) is 23.6 Å². The lowest BCUT2D eigenvalue weighted by molar-refractivity contribution is -0.141. The van der Waals surface area contributed by atoms with Crippen LogP contribution in [0.4, 0.5) is 30.6 Å². The maximum absolute atomic E-state index is 12.9. The fourth-order valence-electron chi connectivity index (χ4n) is 2.91. The summed E-state index contributed by atoms with van der Waals surface area (Å²) in [7, 11) is 0. The number of aromatic nitrogens is 3. The Morgan fingerprint density at radius 1 is 1.03 bits per heavy atom. The van der Waals surface area contributed by atoms with Crippen molar-refractivity contribution in [1.82, 2.24) is 15.0 Å². The molecule has 1 aliphatic heterocycles. The van der Waals surface area contributed by atoms with Crippen molar-refractivity contribution in [1.29, 1.82) is 0 Å². The molecule has 4 rings (SSSR count). The highest BCUT2D eigenvalue weighted by molar-refractivity contribution is 5.71. The third kappa shape index (κ3) is 4.62. The van der Waals surface area contributed by atoms with Gasteiger partial charge in [-0.05, 0) is 48.4 Å². The summed E-state index contributed by atoms with van der Waals surface area (Å²) in [6, 6.07) is 10.6. The van der Waals surface area contributed by atoms with Crippen LogP contribution >= 0.6 is 0 Å². The van der Waals surface area contributed by atoms with Crippen LogP contribution in [-0.4, -0.2) is 34.2 Å². The number of benzene rings is 1. The van der Waals surface area contributed by atoms with E-state index in [0.717, 1.165) is 34.8 Å². The Balaban J connectivity index is 1.54. The van der Waals surface area contributed by atoms with Crippen LogP contribution in [0.15, 0.2) is 48.8 Å². The number of rotatable bonds is 5. The van der Waals surface area contributed by atoms with Gasteiger partial charge in [0.2, 0.25) is 5.95 Å². The molecule has 1 aliphatic rings. The predicted molar refractivity (Wildman–Crippen MR) is 103 cm³/mol. The van der Waals surface area contributed by atoms with E-state index in [1.165, 1.54) is 0 Å². The van der Waals surface area contributed by atoms with Gasteiger partial charge in [-0.25, -0.2) is 15.0 Å². The Morgan fingerprint density at radius 2 is 1.86 bits per heavy atom. The topological polar surface area (TPSA) is 72.0 Å². The van der Waals surface area contributed by atoms with E-state index in [4.69, 9.17) is 4.74 Å². The van der Waals surface area contributed by atoms with E-state index in [9.17, 15) is 13.2 Å². The molecule has 1 aromatic carbocycles. The first-order chi connectivity index (χ1) is 13.9.